The van der Waals surface area contributed by atoms with Crippen molar-refractivity contribution in [2.24, 2.45) is 0 Å². The maximum atomic E-state index is 6.89. The van der Waals surface area contributed by atoms with Gasteiger partial charge in [-0.25, -0.2) is 4.98 Å². The lowest BCUT2D eigenvalue weighted by Crippen LogP contribution is -2.31. The summed E-state index contributed by atoms with van der Waals surface area (Å²) in [5.74, 6) is 2.73. The van der Waals surface area contributed by atoms with Crippen molar-refractivity contribution >= 4 is 32.8 Å². The van der Waals surface area contributed by atoms with E-state index in [2.05, 4.69) is 265 Å². The van der Waals surface area contributed by atoms with Gasteiger partial charge in [0.15, 0.2) is 0 Å². The molecule has 9 aromatic carbocycles. The molecule has 70 heavy (non-hydrogen) atoms. The Balaban J connectivity index is 0.981. The van der Waals surface area contributed by atoms with Crippen molar-refractivity contribution in [3.8, 4) is 73.2 Å². The van der Waals surface area contributed by atoms with Crippen LogP contribution in [0.4, 0.5) is 0 Å². The first-order valence-electron chi connectivity index (χ1n) is 24.3. The lowest BCUT2D eigenvalue weighted by molar-refractivity contribution is -0.571. The molecule has 12 rings (SSSR count). The number of pyridine rings is 1. The van der Waals surface area contributed by atoms with E-state index in [4.69, 9.17) is 9.72 Å². The van der Waals surface area contributed by atoms with Gasteiger partial charge in [0, 0.05) is 28.6 Å². The second-order valence-corrected chi connectivity index (χ2v) is 17.9. The van der Waals surface area contributed by atoms with E-state index in [0.29, 0.717) is 5.92 Å². The lowest BCUT2D eigenvalue weighted by atomic mass is 9.88. The van der Waals surface area contributed by atoms with Crippen LogP contribution in [0.2, 0.25) is 0 Å². The Morgan fingerprint density at radius 1 is 0.471 bits per heavy atom. The van der Waals surface area contributed by atoms with E-state index in [1.807, 2.05) is 6.07 Å². The van der Waals surface area contributed by atoms with E-state index < -0.39 is 0 Å². The largest absolute Gasteiger partial charge is 0.458 e. The Labute approximate surface area is 408 Å². The summed E-state index contributed by atoms with van der Waals surface area (Å²) in [5.41, 5.74) is 16.8. The summed E-state index contributed by atoms with van der Waals surface area (Å²) in [6.07, 6.45) is 7.97. The van der Waals surface area contributed by atoms with Gasteiger partial charge in [0.1, 0.15) is 17.3 Å². The van der Waals surface area contributed by atoms with Gasteiger partial charge in [0.2, 0.25) is 0 Å². The monoisotopic (exact) mass is 902 g/mol. The van der Waals surface area contributed by atoms with Crippen LogP contribution in [0.25, 0.3) is 94.5 Å². The van der Waals surface area contributed by atoms with Crippen molar-refractivity contribution in [2.45, 2.75) is 32.6 Å². The van der Waals surface area contributed by atoms with Crippen LogP contribution in [-0.4, -0.2) is 14.1 Å². The van der Waals surface area contributed by atoms with Crippen LogP contribution < -0.4 is 9.30 Å². The molecule has 0 unspecified atom stereocenters. The standard InChI is InChI=1S/C65H50N4O/c1-3-45(4-2)57-42-64(66-43-59(57)49-27-15-8-16-28-49)69-60-38-35-50(46-21-9-5-10-22-46)39-58(60)56-37-36-53(41-63(56)69)70-52-30-19-29-51(40-52)67-44-68(62-34-18-17-33-61(62)67)65-54(47-23-11-6-12-24-47)31-20-32-55(65)48-25-13-7-14-26-48/h5-43,45H,3-4H2,1-2H3. The number of aromatic nitrogens is 4. The molecule has 0 bridgehead atoms. The highest BCUT2D eigenvalue weighted by atomic mass is 16.5. The minimum atomic E-state index is 0.384. The summed E-state index contributed by atoms with van der Waals surface area (Å²) in [6, 6.07) is 81.5. The predicted octanol–water partition coefficient (Wildman–Crippen LogP) is 16.6. The van der Waals surface area contributed by atoms with Crippen molar-refractivity contribution in [1.82, 2.24) is 14.1 Å². The summed E-state index contributed by atoms with van der Waals surface area (Å²) in [4.78, 5) is 5.26. The number of hydrogen-bond acceptors (Lipinski definition) is 2. The van der Waals surface area contributed by atoms with Crippen LogP contribution in [0.3, 0.4) is 0 Å². The fraction of sp³-hybridized carbons (Fsp3) is 0.0769. The number of benzene rings is 9. The van der Waals surface area contributed by atoms with E-state index in [-0.39, 0.29) is 0 Å². The first kappa shape index (κ1) is 42.5. The highest BCUT2D eigenvalue weighted by Crippen LogP contribution is 2.40. The van der Waals surface area contributed by atoms with Crippen LogP contribution in [-0.2, 0) is 0 Å². The molecule has 0 N–H and O–H groups in total. The Kier molecular flexibility index (Phi) is 11.2. The Morgan fingerprint density at radius 2 is 1.07 bits per heavy atom. The number of hydrogen-bond donors (Lipinski definition) is 0. The normalized spacial score (nSPS) is 11.5. The van der Waals surface area contributed by atoms with Crippen molar-refractivity contribution < 1.29 is 9.30 Å². The smallest absolute Gasteiger partial charge is 0.269 e. The first-order chi connectivity index (χ1) is 34.6. The number of para-hydroxylation sites is 3. The van der Waals surface area contributed by atoms with E-state index in [0.717, 1.165) is 96.6 Å². The summed E-state index contributed by atoms with van der Waals surface area (Å²) in [6.45, 7) is 4.57. The minimum Gasteiger partial charge on any atom is -0.458 e. The van der Waals surface area contributed by atoms with Crippen LogP contribution in [0.1, 0.15) is 38.2 Å². The van der Waals surface area contributed by atoms with Crippen molar-refractivity contribution in [3.63, 3.8) is 0 Å². The van der Waals surface area contributed by atoms with Gasteiger partial charge in [-0.1, -0.05) is 190 Å². The van der Waals surface area contributed by atoms with Gasteiger partial charge in [0.25, 0.3) is 6.33 Å². The number of ether oxygens (including phenoxy) is 1. The molecule has 12 aromatic rings. The molecule has 3 aromatic heterocycles. The average Bonchev–Trinajstić information content (AvgIpc) is 3.97. The molecule has 5 nitrogen and oxygen atoms in total. The van der Waals surface area contributed by atoms with Crippen LogP contribution in [0.5, 0.6) is 11.5 Å². The third kappa shape index (κ3) is 7.72. The third-order valence-electron chi connectivity index (χ3n) is 13.8. The number of fused-ring (bicyclic) bond motifs is 4. The summed E-state index contributed by atoms with van der Waals surface area (Å²) in [5, 5.41) is 2.30. The van der Waals surface area contributed by atoms with E-state index >= 15 is 0 Å². The van der Waals surface area contributed by atoms with Gasteiger partial charge in [-0.15, -0.1) is 0 Å². The molecular weight excluding hydrogens is 853 g/mol. The highest BCUT2D eigenvalue weighted by molar-refractivity contribution is 6.10. The topological polar surface area (TPSA) is 35.9 Å². The fourth-order valence-corrected chi connectivity index (χ4v) is 10.4. The lowest BCUT2D eigenvalue weighted by Gasteiger charge is -2.20. The number of rotatable bonds is 12. The van der Waals surface area contributed by atoms with Gasteiger partial charge in [0.05, 0.1) is 33.4 Å². The van der Waals surface area contributed by atoms with Crippen molar-refractivity contribution in [2.75, 3.05) is 0 Å². The molecule has 0 saturated heterocycles. The molecule has 0 radical (unpaired) electrons. The molecule has 0 amide bonds. The van der Waals surface area contributed by atoms with Gasteiger partial charge in [-0.2, -0.15) is 0 Å². The highest BCUT2D eigenvalue weighted by Gasteiger charge is 2.22. The molecule has 5 heteroatoms. The van der Waals surface area contributed by atoms with Gasteiger partial charge < -0.3 is 4.74 Å². The van der Waals surface area contributed by atoms with Gasteiger partial charge in [-0.3, -0.25) is 13.7 Å². The maximum Gasteiger partial charge on any atom is 0.269 e. The molecule has 0 saturated carbocycles. The first-order valence-corrected chi connectivity index (χ1v) is 24.3. The minimum absolute atomic E-state index is 0.384. The average molecular weight is 903 g/mol. The predicted molar refractivity (Wildman–Crippen MR) is 287 cm³/mol. The number of imidazole rings is 1. The van der Waals surface area contributed by atoms with Crippen LogP contribution >= 0.6 is 0 Å². The fourth-order valence-electron chi connectivity index (χ4n) is 10.4. The molecule has 3 heterocycles. The van der Waals surface area contributed by atoms with Gasteiger partial charge >= 0.3 is 0 Å². The second-order valence-electron chi connectivity index (χ2n) is 17.9. The number of nitrogens with zero attached hydrogens (tertiary/aromatic N) is 4. The van der Waals surface area contributed by atoms with Crippen molar-refractivity contribution in [3.05, 3.63) is 249 Å². The summed E-state index contributed by atoms with van der Waals surface area (Å²) in [7, 11) is 0. The quantitative estimate of drug-likeness (QED) is 0.0905. The third-order valence-corrected chi connectivity index (χ3v) is 13.8. The molecule has 0 aliphatic heterocycles. The van der Waals surface area contributed by atoms with E-state index in [1.165, 1.54) is 27.8 Å². The molecule has 0 atom stereocenters. The molecule has 0 spiro atoms. The van der Waals surface area contributed by atoms with Crippen LogP contribution in [0.15, 0.2) is 237 Å². The molecule has 0 aliphatic carbocycles. The molecule has 336 valence electrons. The van der Waals surface area contributed by atoms with Crippen molar-refractivity contribution in [1.29, 1.82) is 0 Å². The second kappa shape index (κ2) is 18.4. The zero-order chi connectivity index (χ0) is 47.0. The van der Waals surface area contributed by atoms with E-state index in [1.54, 1.807) is 0 Å². The zero-order valence-corrected chi connectivity index (χ0v) is 39.2. The molecule has 0 aliphatic rings. The summed E-state index contributed by atoms with van der Waals surface area (Å²) >= 11 is 0. The Morgan fingerprint density at radius 3 is 1.74 bits per heavy atom. The molecule has 0 fully saturated rings. The molecular formula is C65H50N4O. The Hall–Kier alpha value is -8.80. The SMILES string of the molecule is CCC(CC)c1cc(-n2c3ccc(-c4ccccc4)cc3c3ccc(Oc4cccc(-n5[c-][n+](-c6c(-c7ccccc7)cccc6-c6ccccc6)c6ccccc65)c4)cc32)ncc1-c1ccccc1. The maximum absolute atomic E-state index is 6.89. The van der Waals surface area contributed by atoms with E-state index in [9.17, 15) is 0 Å². The van der Waals surface area contributed by atoms with Gasteiger partial charge in [-0.05, 0) is 112 Å². The summed E-state index contributed by atoms with van der Waals surface area (Å²) < 4.78 is 13.6. The van der Waals surface area contributed by atoms with Crippen LogP contribution in [0, 0.1) is 6.33 Å². The zero-order valence-electron chi connectivity index (χ0n) is 39.2. The Bertz CT molecular complexity index is 3760.